The summed E-state index contributed by atoms with van der Waals surface area (Å²) in [5.41, 5.74) is 8.72. The minimum atomic E-state index is -0.0532. The number of pyridine rings is 1. The van der Waals surface area contributed by atoms with E-state index in [9.17, 15) is 4.79 Å². The molecule has 5 heteroatoms. The average Bonchev–Trinajstić information content (AvgIpc) is 2.39. The minimum absolute atomic E-state index is 0.0532. The Hall–Kier alpha value is -2.04. The first-order chi connectivity index (χ1) is 7.49. The standard InChI is InChI=1S/C11H14N4O/c1-6-4-8(5-9(12)13-6)10-7(2)14-15(3)11(10)16/h4-5,14H,1-3H3,(H2,12,13). The van der Waals surface area contributed by atoms with Gasteiger partial charge >= 0.3 is 0 Å². The van der Waals surface area contributed by atoms with Gasteiger partial charge in [0.15, 0.2) is 0 Å². The van der Waals surface area contributed by atoms with Gasteiger partial charge in [0.05, 0.1) is 5.56 Å². The normalized spacial score (nSPS) is 10.7. The molecule has 0 aliphatic carbocycles. The van der Waals surface area contributed by atoms with E-state index in [1.54, 1.807) is 13.1 Å². The maximum Gasteiger partial charge on any atom is 0.274 e. The highest BCUT2D eigenvalue weighted by atomic mass is 16.1. The number of nitrogens with two attached hydrogens (primary N) is 1. The third kappa shape index (κ3) is 1.60. The van der Waals surface area contributed by atoms with Crippen LogP contribution in [0, 0.1) is 13.8 Å². The monoisotopic (exact) mass is 218 g/mol. The van der Waals surface area contributed by atoms with Gasteiger partial charge in [0, 0.05) is 18.4 Å². The lowest BCUT2D eigenvalue weighted by atomic mass is 10.1. The predicted octanol–water partition coefficient (Wildman–Crippen LogP) is 0.974. The second-order valence-electron chi connectivity index (χ2n) is 3.90. The molecule has 84 valence electrons. The van der Waals surface area contributed by atoms with Crippen LogP contribution in [0.4, 0.5) is 5.82 Å². The summed E-state index contributed by atoms with van der Waals surface area (Å²) in [6.07, 6.45) is 0. The molecule has 0 fully saturated rings. The molecule has 0 radical (unpaired) electrons. The van der Waals surface area contributed by atoms with Crippen LogP contribution in [-0.2, 0) is 7.05 Å². The van der Waals surface area contributed by atoms with Gasteiger partial charge in [-0.15, -0.1) is 0 Å². The number of nitrogens with zero attached hydrogens (tertiary/aromatic N) is 2. The number of aromatic amines is 1. The Balaban J connectivity index is 2.72. The molecule has 2 aromatic rings. The van der Waals surface area contributed by atoms with Gasteiger partial charge in [-0.2, -0.15) is 0 Å². The maximum absolute atomic E-state index is 11.9. The first kappa shape index (κ1) is 10.5. The zero-order chi connectivity index (χ0) is 11.9. The molecule has 0 bridgehead atoms. The summed E-state index contributed by atoms with van der Waals surface area (Å²) in [7, 11) is 1.69. The molecule has 0 aliphatic rings. The highest BCUT2D eigenvalue weighted by molar-refractivity contribution is 5.67. The fourth-order valence-electron chi connectivity index (χ4n) is 1.86. The van der Waals surface area contributed by atoms with Crippen LogP contribution in [-0.4, -0.2) is 14.8 Å². The van der Waals surface area contributed by atoms with Crippen molar-refractivity contribution < 1.29 is 0 Å². The van der Waals surface area contributed by atoms with Crippen molar-refractivity contribution in [3.63, 3.8) is 0 Å². The van der Waals surface area contributed by atoms with Gasteiger partial charge in [-0.25, -0.2) is 4.98 Å². The number of nitrogens with one attached hydrogen (secondary N) is 1. The van der Waals surface area contributed by atoms with Crippen molar-refractivity contribution in [2.75, 3.05) is 5.73 Å². The Morgan fingerprint density at radius 1 is 1.38 bits per heavy atom. The predicted molar refractivity (Wildman–Crippen MR) is 63.2 cm³/mol. The van der Waals surface area contributed by atoms with Gasteiger partial charge in [0.1, 0.15) is 5.82 Å². The van der Waals surface area contributed by atoms with E-state index in [0.717, 1.165) is 17.0 Å². The maximum atomic E-state index is 11.9. The number of rotatable bonds is 1. The van der Waals surface area contributed by atoms with Crippen LogP contribution in [0.25, 0.3) is 11.1 Å². The molecular formula is C11H14N4O. The molecule has 0 spiro atoms. The Morgan fingerprint density at radius 2 is 2.06 bits per heavy atom. The molecule has 0 amide bonds. The van der Waals surface area contributed by atoms with Crippen molar-refractivity contribution in [1.82, 2.24) is 14.8 Å². The Kier molecular flexibility index (Phi) is 2.30. The van der Waals surface area contributed by atoms with Crippen LogP contribution >= 0.6 is 0 Å². The van der Waals surface area contributed by atoms with E-state index in [-0.39, 0.29) is 5.56 Å². The fraction of sp³-hybridized carbons (Fsp3) is 0.273. The number of hydrogen-bond donors (Lipinski definition) is 2. The minimum Gasteiger partial charge on any atom is -0.384 e. The quantitative estimate of drug-likeness (QED) is 0.748. The van der Waals surface area contributed by atoms with Crippen LogP contribution in [0.1, 0.15) is 11.4 Å². The van der Waals surface area contributed by atoms with Crippen molar-refractivity contribution >= 4 is 5.82 Å². The molecule has 16 heavy (non-hydrogen) atoms. The molecule has 0 unspecified atom stereocenters. The van der Waals surface area contributed by atoms with Crippen molar-refractivity contribution in [3.8, 4) is 11.1 Å². The molecule has 2 rings (SSSR count). The highest BCUT2D eigenvalue weighted by Gasteiger charge is 2.12. The highest BCUT2D eigenvalue weighted by Crippen LogP contribution is 2.20. The molecule has 0 aliphatic heterocycles. The number of hydrogen-bond acceptors (Lipinski definition) is 3. The molecule has 2 aromatic heterocycles. The van der Waals surface area contributed by atoms with E-state index >= 15 is 0 Å². The smallest absolute Gasteiger partial charge is 0.274 e. The number of nitrogen functional groups attached to an aromatic ring is 1. The van der Waals surface area contributed by atoms with E-state index < -0.39 is 0 Å². The molecule has 0 saturated heterocycles. The summed E-state index contributed by atoms with van der Waals surface area (Å²) in [6, 6.07) is 3.57. The second kappa shape index (κ2) is 3.52. The Bertz CT molecular complexity index is 574. The van der Waals surface area contributed by atoms with Crippen LogP contribution in [0.5, 0.6) is 0 Å². The van der Waals surface area contributed by atoms with Crippen LogP contribution in [0.3, 0.4) is 0 Å². The van der Waals surface area contributed by atoms with Gasteiger partial charge in [0.25, 0.3) is 5.56 Å². The van der Waals surface area contributed by atoms with E-state index in [2.05, 4.69) is 10.1 Å². The summed E-state index contributed by atoms with van der Waals surface area (Å²) in [5, 5.41) is 2.96. The van der Waals surface area contributed by atoms with Crippen LogP contribution in [0.15, 0.2) is 16.9 Å². The lowest BCUT2D eigenvalue weighted by Crippen LogP contribution is -2.13. The van der Waals surface area contributed by atoms with Gasteiger partial charge in [0.2, 0.25) is 0 Å². The van der Waals surface area contributed by atoms with Crippen LogP contribution in [0.2, 0.25) is 0 Å². The van der Waals surface area contributed by atoms with E-state index in [0.29, 0.717) is 11.4 Å². The van der Waals surface area contributed by atoms with E-state index in [1.807, 2.05) is 19.9 Å². The summed E-state index contributed by atoms with van der Waals surface area (Å²) in [6.45, 7) is 3.72. The number of anilines is 1. The first-order valence-electron chi connectivity index (χ1n) is 4.99. The second-order valence-corrected chi connectivity index (χ2v) is 3.90. The molecule has 3 N–H and O–H groups in total. The number of aromatic nitrogens is 3. The van der Waals surface area contributed by atoms with Crippen LogP contribution < -0.4 is 11.3 Å². The third-order valence-electron chi connectivity index (χ3n) is 2.49. The van der Waals surface area contributed by atoms with Gasteiger partial charge in [-0.1, -0.05) is 0 Å². The lowest BCUT2D eigenvalue weighted by molar-refractivity contribution is 0.731. The summed E-state index contributed by atoms with van der Waals surface area (Å²) in [5.74, 6) is 0.428. The Morgan fingerprint density at radius 3 is 2.56 bits per heavy atom. The topological polar surface area (TPSA) is 76.7 Å². The van der Waals surface area contributed by atoms with E-state index in [4.69, 9.17) is 5.73 Å². The van der Waals surface area contributed by atoms with Gasteiger partial charge in [-0.05, 0) is 31.5 Å². The van der Waals surface area contributed by atoms with Crippen molar-refractivity contribution in [1.29, 1.82) is 0 Å². The molecule has 0 aromatic carbocycles. The lowest BCUT2D eigenvalue weighted by Gasteiger charge is -2.01. The van der Waals surface area contributed by atoms with E-state index in [1.165, 1.54) is 4.68 Å². The fourth-order valence-corrected chi connectivity index (χ4v) is 1.86. The molecule has 5 nitrogen and oxygen atoms in total. The zero-order valence-corrected chi connectivity index (χ0v) is 9.53. The summed E-state index contributed by atoms with van der Waals surface area (Å²) < 4.78 is 1.45. The van der Waals surface area contributed by atoms with Crippen molar-refractivity contribution in [3.05, 3.63) is 33.9 Å². The van der Waals surface area contributed by atoms with Gasteiger partial charge in [-0.3, -0.25) is 14.6 Å². The molecule has 2 heterocycles. The third-order valence-corrected chi connectivity index (χ3v) is 2.49. The van der Waals surface area contributed by atoms with Crippen molar-refractivity contribution in [2.45, 2.75) is 13.8 Å². The summed E-state index contributed by atoms with van der Waals surface area (Å²) in [4.78, 5) is 16.0. The number of H-pyrrole nitrogens is 1. The SMILES string of the molecule is Cc1cc(-c2c(C)[nH]n(C)c2=O)cc(N)n1. The first-order valence-corrected chi connectivity index (χ1v) is 4.99. The number of aryl methyl sites for hydroxylation is 3. The molecule has 0 atom stereocenters. The van der Waals surface area contributed by atoms with Gasteiger partial charge < -0.3 is 5.73 Å². The molecule has 0 saturated carbocycles. The molecular weight excluding hydrogens is 204 g/mol. The average molecular weight is 218 g/mol. The Labute approximate surface area is 92.9 Å². The van der Waals surface area contributed by atoms with Crippen molar-refractivity contribution in [2.24, 2.45) is 7.05 Å². The summed E-state index contributed by atoms with van der Waals surface area (Å²) >= 11 is 0. The largest absolute Gasteiger partial charge is 0.384 e. The zero-order valence-electron chi connectivity index (χ0n) is 9.53.